The van der Waals surface area contributed by atoms with Crippen molar-refractivity contribution in [2.45, 2.75) is 26.4 Å². The molecule has 1 atom stereocenters. The number of aromatic nitrogens is 1. The Kier molecular flexibility index (Phi) is 6.32. The Balaban J connectivity index is 1.99. The highest BCUT2D eigenvalue weighted by atomic mass is 35.5. The Morgan fingerprint density at radius 2 is 1.88 bits per heavy atom. The van der Waals surface area contributed by atoms with Crippen molar-refractivity contribution >= 4 is 23.4 Å². The first-order valence-corrected chi connectivity index (χ1v) is 8.08. The number of hydrogen-bond donors (Lipinski definition) is 2. The van der Waals surface area contributed by atoms with Gasteiger partial charge in [-0.25, -0.2) is 0 Å². The number of carbonyl (C=O) groups is 2. The van der Waals surface area contributed by atoms with Crippen LogP contribution in [0.25, 0.3) is 0 Å². The van der Waals surface area contributed by atoms with Gasteiger partial charge in [-0.2, -0.15) is 0 Å². The van der Waals surface area contributed by atoms with Gasteiger partial charge in [-0.1, -0.05) is 31.5 Å². The summed E-state index contributed by atoms with van der Waals surface area (Å²) in [4.78, 5) is 28.7. The van der Waals surface area contributed by atoms with E-state index in [1.54, 1.807) is 36.7 Å². The first kappa shape index (κ1) is 17.9. The third-order valence-electron chi connectivity index (χ3n) is 3.53. The van der Waals surface area contributed by atoms with Gasteiger partial charge in [-0.05, 0) is 41.8 Å². The molecule has 0 unspecified atom stereocenters. The van der Waals surface area contributed by atoms with Crippen LogP contribution in [0.15, 0.2) is 48.8 Å². The molecule has 0 radical (unpaired) electrons. The largest absolute Gasteiger partial charge is 0.350 e. The van der Waals surface area contributed by atoms with Gasteiger partial charge in [0.05, 0.1) is 0 Å². The first-order chi connectivity index (χ1) is 11.5. The smallest absolute Gasteiger partial charge is 0.251 e. The van der Waals surface area contributed by atoms with Crippen LogP contribution in [0.2, 0.25) is 5.02 Å². The minimum Gasteiger partial charge on any atom is -0.350 e. The molecule has 6 heteroatoms. The summed E-state index contributed by atoms with van der Waals surface area (Å²) in [5, 5.41) is 6.17. The average molecular weight is 346 g/mol. The summed E-state index contributed by atoms with van der Waals surface area (Å²) in [5.74, 6) is -0.576. The lowest BCUT2D eigenvalue weighted by molar-refractivity contribution is -0.124. The number of amides is 2. The molecule has 0 bridgehead atoms. The molecule has 0 spiro atoms. The Bertz CT molecular complexity index is 687. The standard InChI is InChI=1S/C18H20ClN3O2/c1-12(2)16(18(24)21-11-13-4-3-9-20-10-13)22-17(23)14-5-7-15(19)8-6-14/h3-10,12,16H,11H2,1-2H3,(H,21,24)(H,22,23)/t16-/m0/s1. The number of pyridine rings is 1. The summed E-state index contributed by atoms with van der Waals surface area (Å²) in [7, 11) is 0. The summed E-state index contributed by atoms with van der Waals surface area (Å²) in [6, 6.07) is 9.61. The van der Waals surface area contributed by atoms with Gasteiger partial charge in [0.15, 0.2) is 0 Å². The van der Waals surface area contributed by atoms with E-state index in [1.807, 2.05) is 26.0 Å². The van der Waals surface area contributed by atoms with Crippen molar-refractivity contribution in [3.05, 3.63) is 64.9 Å². The Morgan fingerprint density at radius 3 is 2.46 bits per heavy atom. The average Bonchev–Trinajstić information content (AvgIpc) is 2.58. The normalized spacial score (nSPS) is 11.8. The van der Waals surface area contributed by atoms with Crippen LogP contribution in [0.1, 0.15) is 29.8 Å². The minimum atomic E-state index is -0.621. The number of nitrogens with one attached hydrogen (secondary N) is 2. The summed E-state index contributed by atoms with van der Waals surface area (Å²) < 4.78 is 0. The molecule has 2 aromatic rings. The van der Waals surface area contributed by atoms with Crippen LogP contribution >= 0.6 is 11.6 Å². The second-order valence-corrected chi connectivity index (χ2v) is 6.22. The number of halogens is 1. The molecular formula is C18H20ClN3O2. The zero-order valence-corrected chi connectivity index (χ0v) is 14.4. The van der Waals surface area contributed by atoms with Crippen molar-refractivity contribution < 1.29 is 9.59 Å². The van der Waals surface area contributed by atoms with Crippen molar-refractivity contribution in [2.75, 3.05) is 0 Å². The Morgan fingerprint density at radius 1 is 1.17 bits per heavy atom. The van der Waals surface area contributed by atoms with E-state index in [2.05, 4.69) is 15.6 Å². The molecule has 24 heavy (non-hydrogen) atoms. The number of carbonyl (C=O) groups excluding carboxylic acids is 2. The SMILES string of the molecule is CC(C)[C@H](NC(=O)c1ccc(Cl)cc1)C(=O)NCc1cccnc1. The van der Waals surface area contributed by atoms with E-state index in [-0.39, 0.29) is 17.7 Å². The third kappa shape index (κ3) is 5.06. The fourth-order valence-corrected chi connectivity index (χ4v) is 2.29. The maximum Gasteiger partial charge on any atom is 0.251 e. The van der Waals surface area contributed by atoms with Crippen molar-refractivity contribution in [1.82, 2.24) is 15.6 Å². The quantitative estimate of drug-likeness (QED) is 0.845. The van der Waals surface area contributed by atoms with Crippen LogP contribution in [0, 0.1) is 5.92 Å². The number of hydrogen-bond acceptors (Lipinski definition) is 3. The molecule has 2 amide bonds. The van der Waals surface area contributed by atoms with Crippen molar-refractivity contribution in [3.63, 3.8) is 0 Å². The van der Waals surface area contributed by atoms with Crippen molar-refractivity contribution in [3.8, 4) is 0 Å². The summed E-state index contributed by atoms with van der Waals surface area (Å²) >= 11 is 5.82. The third-order valence-corrected chi connectivity index (χ3v) is 3.78. The fourth-order valence-electron chi connectivity index (χ4n) is 2.16. The molecule has 1 heterocycles. The highest BCUT2D eigenvalue weighted by molar-refractivity contribution is 6.30. The van der Waals surface area contributed by atoms with Crippen LogP contribution in [-0.4, -0.2) is 22.8 Å². The van der Waals surface area contributed by atoms with E-state index < -0.39 is 6.04 Å². The van der Waals surface area contributed by atoms with E-state index >= 15 is 0 Å². The van der Waals surface area contributed by atoms with Gasteiger partial charge in [-0.3, -0.25) is 14.6 Å². The van der Waals surface area contributed by atoms with Crippen LogP contribution in [-0.2, 0) is 11.3 Å². The molecule has 126 valence electrons. The van der Waals surface area contributed by atoms with Gasteiger partial charge in [-0.15, -0.1) is 0 Å². The molecule has 0 aliphatic heterocycles. The molecule has 0 saturated heterocycles. The minimum absolute atomic E-state index is 0.0462. The Labute approximate surface area is 146 Å². The van der Waals surface area contributed by atoms with Crippen LogP contribution in [0.3, 0.4) is 0 Å². The van der Waals surface area contributed by atoms with Crippen LogP contribution in [0.5, 0.6) is 0 Å². The van der Waals surface area contributed by atoms with Gasteiger partial charge < -0.3 is 10.6 Å². The van der Waals surface area contributed by atoms with E-state index in [9.17, 15) is 9.59 Å². The van der Waals surface area contributed by atoms with E-state index in [1.165, 1.54) is 0 Å². The topological polar surface area (TPSA) is 71.1 Å². The van der Waals surface area contributed by atoms with E-state index in [0.717, 1.165) is 5.56 Å². The molecular weight excluding hydrogens is 326 g/mol. The lowest BCUT2D eigenvalue weighted by Crippen LogP contribution is -2.49. The van der Waals surface area contributed by atoms with Crippen molar-refractivity contribution in [2.24, 2.45) is 5.92 Å². The zero-order chi connectivity index (χ0) is 17.5. The molecule has 0 saturated carbocycles. The monoisotopic (exact) mass is 345 g/mol. The molecule has 2 rings (SSSR count). The van der Waals surface area contributed by atoms with Crippen LogP contribution < -0.4 is 10.6 Å². The second-order valence-electron chi connectivity index (χ2n) is 5.78. The van der Waals surface area contributed by atoms with Gasteiger partial charge in [0.1, 0.15) is 6.04 Å². The van der Waals surface area contributed by atoms with E-state index in [0.29, 0.717) is 17.1 Å². The molecule has 0 aliphatic carbocycles. The number of rotatable bonds is 6. The first-order valence-electron chi connectivity index (χ1n) is 7.70. The van der Waals surface area contributed by atoms with Gasteiger partial charge in [0, 0.05) is 29.5 Å². The highest BCUT2D eigenvalue weighted by Crippen LogP contribution is 2.11. The molecule has 1 aromatic heterocycles. The second kappa shape index (κ2) is 8.45. The van der Waals surface area contributed by atoms with Gasteiger partial charge >= 0.3 is 0 Å². The zero-order valence-electron chi connectivity index (χ0n) is 13.6. The summed E-state index contributed by atoms with van der Waals surface area (Å²) in [6.45, 7) is 4.14. The predicted octanol–water partition coefficient (Wildman–Crippen LogP) is 2.81. The highest BCUT2D eigenvalue weighted by Gasteiger charge is 2.24. The lowest BCUT2D eigenvalue weighted by Gasteiger charge is -2.21. The number of benzene rings is 1. The van der Waals surface area contributed by atoms with Gasteiger partial charge in [0.25, 0.3) is 5.91 Å². The predicted molar refractivity (Wildman–Crippen MR) is 93.6 cm³/mol. The molecule has 5 nitrogen and oxygen atoms in total. The Hall–Kier alpha value is -2.40. The van der Waals surface area contributed by atoms with Crippen LogP contribution in [0.4, 0.5) is 0 Å². The molecule has 0 fully saturated rings. The van der Waals surface area contributed by atoms with E-state index in [4.69, 9.17) is 11.6 Å². The fraction of sp³-hybridized carbons (Fsp3) is 0.278. The molecule has 1 aromatic carbocycles. The maximum atomic E-state index is 12.4. The summed E-state index contributed by atoms with van der Waals surface area (Å²) in [6.07, 6.45) is 3.37. The summed E-state index contributed by atoms with van der Waals surface area (Å²) in [5.41, 5.74) is 1.36. The van der Waals surface area contributed by atoms with Gasteiger partial charge in [0.2, 0.25) is 5.91 Å². The maximum absolute atomic E-state index is 12.4. The molecule has 0 aliphatic rings. The lowest BCUT2D eigenvalue weighted by atomic mass is 10.0. The van der Waals surface area contributed by atoms with Crippen molar-refractivity contribution in [1.29, 1.82) is 0 Å². The number of nitrogens with zero attached hydrogens (tertiary/aromatic N) is 1. The molecule has 2 N–H and O–H groups in total.